The zero-order valence-electron chi connectivity index (χ0n) is 9.30. The molecule has 0 radical (unpaired) electrons. The fourth-order valence-electron chi connectivity index (χ4n) is 1.37. The minimum atomic E-state index is -1.41. The van der Waals surface area contributed by atoms with E-state index in [1.807, 2.05) is 0 Å². The fraction of sp³-hybridized carbons (Fsp3) is 0.273. The van der Waals surface area contributed by atoms with Gasteiger partial charge in [0.1, 0.15) is 6.10 Å². The number of aliphatic hydroxyl groups is 1. The Kier molecular flexibility index (Phi) is 3.69. The molecule has 0 saturated heterocycles. The number of phenols is 1. The van der Waals surface area contributed by atoms with Crippen molar-refractivity contribution in [2.24, 2.45) is 0 Å². The quantitative estimate of drug-likeness (QED) is 0.668. The SMILES string of the molecule is COc1ccc(C(=O)O)c(C(=O)C(C)O)c1O. The van der Waals surface area contributed by atoms with Crippen molar-refractivity contribution in [2.45, 2.75) is 13.0 Å². The summed E-state index contributed by atoms with van der Waals surface area (Å²) in [6.45, 7) is 1.19. The van der Waals surface area contributed by atoms with E-state index in [2.05, 4.69) is 0 Å². The second-order valence-electron chi connectivity index (χ2n) is 3.38. The number of benzene rings is 1. The molecule has 0 aliphatic rings. The highest BCUT2D eigenvalue weighted by atomic mass is 16.5. The molecule has 0 spiro atoms. The average molecular weight is 240 g/mol. The van der Waals surface area contributed by atoms with Gasteiger partial charge in [0.25, 0.3) is 0 Å². The molecule has 0 aromatic heterocycles. The van der Waals surface area contributed by atoms with Gasteiger partial charge in [0, 0.05) is 0 Å². The summed E-state index contributed by atoms with van der Waals surface area (Å²) < 4.78 is 4.77. The highest BCUT2D eigenvalue weighted by molar-refractivity contribution is 6.10. The van der Waals surface area contributed by atoms with Crippen LogP contribution >= 0.6 is 0 Å². The van der Waals surface area contributed by atoms with E-state index in [1.54, 1.807) is 0 Å². The maximum atomic E-state index is 11.6. The fourth-order valence-corrected chi connectivity index (χ4v) is 1.37. The van der Waals surface area contributed by atoms with Gasteiger partial charge in [0.2, 0.25) is 0 Å². The Labute approximate surface area is 97.1 Å². The Morgan fingerprint density at radius 3 is 2.35 bits per heavy atom. The third-order valence-electron chi connectivity index (χ3n) is 2.22. The summed E-state index contributed by atoms with van der Waals surface area (Å²) in [6, 6.07) is 2.37. The first kappa shape index (κ1) is 13.0. The third-order valence-corrected chi connectivity index (χ3v) is 2.22. The van der Waals surface area contributed by atoms with Crippen LogP contribution in [0.3, 0.4) is 0 Å². The lowest BCUT2D eigenvalue weighted by molar-refractivity contribution is 0.0680. The van der Waals surface area contributed by atoms with Crippen molar-refractivity contribution in [3.8, 4) is 11.5 Å². The number of methoxy groups -OCH3 is 1. The van der Waals surface area contributed by atoms with Crippen LogP contribution in [0.1, 0.15) is 27.6 Å². The summed E-state index contributed by atoms with van der Waals surface area (Å²) in [7, 11) is 1.27. The predicted octanol–water partition coefficient (Wildman–Crippen LogP) is 0.662. The number of hydrogen-bond donors (Lipinski definition) is 3. The number of carboxylic acids is 1. The molecule has 92 valence electrons. The van der Waals surface area contributed by atoms with E-state index in [0.717, 1.165) is 6.07 Å². The number of ketones is 1. The average Bonchev–Trinajstić information content (AvgIpc) is 2.27. The number of aliphatic hydroxyl groups excluding tert-OH is 1. The number of carbonyl (C=O) groups excluding carboxylic acids is 1. The minimum Gasteiger partial charge on any atom is -0.504 e. The van der Waals surface area contributed by atoms with E-state index in [-0.39, 0.29) is 11.3 Å². The molecule has 6 heteroatoms. The van der Waals surface area contributed by atoms with Crippen molar-refractivity contribution >= 4 is 11.8 Å². The summed E-state index contributed by atoms with van der Waals surface area (Å²) in [4.78, 5) is 22.5. The number of carboxylic acid groups (broad SMARTS) is 1. The number of hydrogen-bond acceptors (Lipinski definition) is 5. The van der Waals surface area contributed by atoms with Crippen LogP contribution in [0, 0.1) is 0 Å². The van der Waals surface area contributed by atoms with Crippen molar-refractivity contribution in [3.63, 3.8) is 0 Å². The Balaban J connectivity index is 3.51. The van der Waals surface area contributed by atoms with E-state index < -0.39 is 29.2 Å². The monoisotopic (exact) mass is 240 g/mol. The van der Waals surface area contributed by atoms with E-state index in [0.29, 0.717) is 0 Å². The van der Waals surface area contributed by atoms with Gasteiger partial charge in [-0.15, -0.1) is 0 Å². The predicted molar refractivity (Wildman–Crippen MR) is 57.6 cm³/mol. The first-order valence-corrected chi connectivity index (χ1v) is 4.75. The first-order valence-electron chi connectivity index (χ1n) is 4.75. The van der Waals surface area contributed by atoms with Gasteiger partial charge < -0.3 is 20.1 Å². The topological polar surface area (TPSA) is 104 Å². The molecular weight excluding hydrogens is 228 g/mol. The molecule has 0 saturated carbocycles. The lowest BCUT2D eigenvalue weighted by Crippen LogP contribution is -2.20. The number of aromatic carboxylic acids is 1. The molecule has 0 bridgehead atoms. The van der Waals surface area contributed by atoms with E-state index in [1.165, 1.54) is 20.1 Å². The van der Waals surface area contributed by atoms with Crippen molar-refractivity contribution in [2.75, 3.05) is 7.11 Å². The van der Waals surface area contributed by atoms with Gasteiger partial charge in [-0.2, -0.15) is 0 Å². The Bertz CT molecular complexity index is 463. The molecule has 1 rings (SSSR count). The minimum absolute atomic E-state index is 0.0287. The highest BCUT2D eigenvalue weighted by Crippen LogP contribution is 2.33. The van der Waals surface area contributed by atoms with Crippen LogP contribution < -0.4 is 4.74 Å². The van der Waals surface area contributed by atoms with Gasteiger partial charge in [-0.3, -0.25) is 4.79 Å². The van der Waals surface area contributed by atoms with Crippen LogP contribution in [-0.2, 0) is 0 Å². The zero-order chi connectivity index (χ0) is 13.2. The van der Waals surface area contributed by atoms with Crippen LogP contribution in [-0.4, -0.2) is 40.3 Å². The van der Waals surface area contributed by atoms with Gasteiger partial charge in [0.15, 0.2) is 17.3 Å². The lowest BCUT2D eigenvalue weighted by Gasteiger charge is -2.12. The van der Waals surface area contributed by atoms with Crippen LogP contribution in [0.5, 0.6) is 11.5 Å². The van der Waals surface area contributed by atoms with E-state index in [9.17, 15) is 19.8 Å². The molecule has 1 unspecified atom stereocenters. The molecule has 0 amide bonds. The summed E-state index contributed by atoms with van der Waals surface area (Å²) in [5, 5.41) is 27.8. The van der Waals surface area contributed by atoms with E-state index >= 15 is 0 Å². The summed E-state index contributed by atoms with van der Waals surface area (Å²) >= 11 is 0. The Hall–Kier alpha value is -2.08. The largest absolute Gasteiger partial charge is 0.504 e. The Morgan fingerprint density at radius 1 is 1.35 bits per heavy atom. The summed E-state index contributed by atoms with van der Waals surface area (Å²) in [6.07, 6.45) is -1.41. The standard InChI is InChI=1S/C11H12O6/c1-5(12)9(13)8-6(11(15)16)3-4-7(17-2)10(8)14/h3-5,12,14H,1-2H3,(H,15,16). The van der Waals surface area contributed by atoms with Crippen LogP contribution in [0.2, 0.25) is 0 Å². The van der Waals surface area contributed by atoms with Crippen LogP contribution in [0.15, 0.2) is 12.1 Å². The molecule has 0 heterocycles. The number of ether oxygens (including phenoxy) is 1. The lowest BCUT2D eigenvalue weighted by atomic mass is 9.99. The summed E-state index contributed by atoms with van der Waals surface area (Å²) in [5.41, 5.74) is -0.832. The highest BCUT2D eigenvalue weighted by Gasteiger charge is 2.26. The van der Waals surface area contributed by atoms with Crippen LogP contribution in [0.4, 0.5) is 0 Å². The molecule has 3 N–H and O–H groups in total. The summed E-state index contributed by atoms with van der Waals surface area (Å²) in [5.74, 6) is -2.86. The molecule has 17 heavy (non-hydrogen) atoms. The molecule has 1 aromatic rings. The Morgan fingerprint density at radius 2 is 1.94 bits per heavy atom. The molecule has 0 fully saturated rings. The molecule has 0 aliphatic carbocycles. The first-order chi connectivity index (χ1) is 7.90. The van der Waals surface area contributed by atoms with Crippen molar-refractivity contribution in [1.29, 1.82) is 0 Å². The molecular formula is C11H12O6. The van der Waals surface area contributed by atoms with Gasteiger partial charge >= 0.3 is 5.97 Å². The second-order valence-corrected chi connectivity index (χ2v) is 3.38. The van der Waals surface area contributed by atoms with Gasteiger partial charge in [-0.1, -0.05) is 0 Å². The smallest absolute Gasteiger partial charge is 0.336 e. The number of carbonyl (C=O) groups is 2. The normalized spacial score (nSPS) is 11.9. The maximum Gasteiger partial charge on any atom is 0.336 e. The zero-order valence-corrected chi connectivity index (χ0v) is 9.30. The number of aromatic hydroxyl groups is 1. The number of phenolic OH excluding ortho intramolecular Hbond substituents is 1. The van der Waals surface area contributed by atoms with Gasteiger partial charge in [-0.25, -0.2) is 4.79 Å². The maximum absolute atomic E-state index is 11.6. The van der Waals surface area contributed by atoms with Crippen LogP contribution in [0.25, 0.3) is 0 Å². The third kappa shape index (κ3) is 2.36. The van der Waals surface area contributed by atoms with Gasteiger partial charge in [0.05, 0.1) is 18.2 Å². The van der Waals surface area contributed by atoms with Crippen molar-refractivity contribution in [3.05, 3.63) is 23.3 Å². The number of Topliss-reactive ketones (excluding diaryl/α,β-unsaturated/α-hetero) is 1. The van der Waals surface area contributed by atoms with Crippen molar-refractivity contribution in [1.82, 2.24) is 0 Å². The molecule has 1 atom stereocenters. The van der Waals surface area contributed by atoms with Crippen molar-refractivity contribution < 1.29 is 29.6 Å². The van der Waals surface area contributed by atoms with Gasteiger partial charge in [-0.05, 0) is 19.1 Å². The second kappa shape index (κ2) is 4.84. The van der Waals surface area contributed by atoms with E-state index in [4.69, 9.17) is 9.84 Å². The molecule has 6 nitrogen and oxygen atoms in total. The molecule has 0 aliphatic heterocycles. The molecule has 1 aromatic carbocycles. The number of rotatable bonds is 4.